The maximum atomic E-state index is 13.5. The third kappa shape index (κ3) is 4.84. The zero-order valence-electron chi connectivity index (χ0n) is 11.6. The van der Waals surface area contributed by atoms with Crippen molar-refractivity contribution in [3.05, 3.63) is 33.8 Å². The monoisotopic (exact) mass is 333 g/mol. The van der Waals surface area contributed by atoms with Gasteiger partial charge in [0.1, 0.15) is 0 Å². The molecule has 1 aromatic rings. The number of hydrogen-bond donors (Lipinski definition) is 1. The van der Waals surface area contributed by atoms with Gasteiger partial charge in [0.05, 0.1) is 4.47 Å². The zero-order valence-corrected chi connectivity index (χ0v) is 13.2. The first kappa shape index (κ1) is 16.6. The molecule has 1 N–H and O–H groups in total. The van der Waals surface area contributed by atoms with Crippen molar-refractivity contribution >= 4 is 15.9 Å². The minimum atomic E-state index is -0.812. The molecule has 0 aromatic heterocycles. The largest absolute Gasteiger partial charge is 0.313 e. The standard InChI is InChI=1S/C15H22BrF2N/c1-3-4-5-6-7-8-13(19-2)11-9-10-12(17)15(18)14(11)16/h9-10,13,19H,3-8H2,1-2H3. The van der Waals surface area contributed by atoms with Crippen molar-refractivity contribution in [2.75, 3.05) is 7.05 Å². The number of benzene rings is 1. The third-order valence-corrected chi connectivity index (χ3v) is 4.19. The van der Waals surface area contributed by atoms with E-state index in [1.807, 2.05) is 7.05 Å². The van der Waals surface area contributed by atoms with Crippen LogP contribution < -0.4 is 5.32 Å². The first-order valence-corrected chi connectivity index (χ1v) is 7.71. The smallest absolute Gasteiger partial charge is 0.173 e. The van der Waals surface area contributed by atoms with Crippen LogP contribution in [0.5, 0.6) is 0 Å². The Kier molecular flexibility index (Phi) is 7.54. The van der Waals surface area contributed by atoms with Gasteiger partial charge in [0.2, 0.25) is 0 Å². The summed E-state index contributed by atoms with van der Waals surface area (Å²) >= 11 is 3.15. The molecule has 1 atom stereocenters. The van der Waals surface area contributed by atoms with Gasteiger partial charge in [0.25, 0.3) is 0 Å². The predicted molar refractivity (Wildman–Crippen MR) is 79.2 cm³/mol. The van der Waals surface area contributed by atoms with E-state index in [2.05, 4.69) is 28.2 Å². The van der Waals surface area contributed by atoms with Crippen LogP contribution in [0.3, 0.4) is 0 Å². The second kappa shape index (κ2) is 8.64. The summed E-state index contributed by atoms with van der Waals surface area (Å²) in [5, 5.41) is 3.18. The lowest BCUT2D eigenvalue weighted by Crippen LogP contribution is -2.17. The van der Waals surface area contributed by atoms with E-state index in [9.17, 15) is 8.78 Å². The van der Waals surface area contributed by atoms with Crippen molar-refractivity contribution < 1.29 is 8.78 Å². The van der Waals surface area contributed by atoms with Crippen LogP contribution in [0, 0.1) is 11.6 Å². The van der Waals surface area contributed by atoms with Crippen LogP contribution in [0.1, 0.15) is 57.1 Å². The summed E-state index contributed by atoms with van der Waals surface area (Å²) in [4.78, 5) is 0. The first-order valence-electron chi connectivity index (χ1n) is 6.92. The van der Waals surface area contributed by atoms with E-state index < -0.39 is 11.6 Å². The average Bonchev–Trinajstić information content (AvgIpc) is 2.41. The van der Waals surface area contributed by atoms with Crippen LogP contribution in [0.15, 0.2) is 16.6 Å². The molecule has 0 saturated carbocycles. The van der Waals surface area contributed by atoms with E-state index in [1.54, 1.807) is 6.07 Å². The molecule has 0 radical (unpaired) electrons. The van der Waals surface area contributed by atoms with Crippen LogP contribution in [-0.4, -0.2) is 7.05 Å². The number of halogens is 3. The normalized spacial score (nSPS) is 12.7. The van der Waals surface area contributed by atoms with Crippen LogP contribution in [0.2, 0.25) is 0 Å². The van der Waals surface area contributed by atoms with Gasteiger partial charge in [-0.05, 0) is 41.0 Å². The van der Waals surface area contributed by atoms with E-state index in [0.717, 1.165) is 18.4 Å². The minimum absolute atomic E-state index is 0.0612. The Morgan fingerprint density at radius 3 is 2.47 bits per heavy atom. The second-order valence-corrected chi connectivity index (χ2v) is 5.60. The quantitative estimate of drug-likeness (QED) is 0.499. The average molecular weight is 334 g/mol. The number of nitrogens with one attached hydrogen (secondary N) is 1. The molecule has 4 heteroatoms. The summed E-state index contributed by atoms with van der Waals surface area (Å²) in [7, 11) is 1.85. The molecule has 19 heavy (non-hydrogen) atoms. The van der Waals surface area contributed by atoms with E-state index in [1.165, 1.54) is 31.7 Å². The fraction of sp³-hybridized carbons (Fsp3) is 0.600. The van der Waals surface area contributed by atoms with Gasteiger partial charge in [-0.1, -0.05) is 45.1 Å². The first-order chi connectivity index (χ1) is 9.11. The minimum Gasteiger partial charge on any atom is -0.313 e. The van der Waals surface area contributed by atoms with Gasteiger partial charge >= 0.3 is 0 Å². The van der Waals surface area contributed by atoms with E-state index >= 15 is 0 Å². The van der Waals surface area contributed by atoms with Crippen LogP contribution in [0.4, 0.5) is 8.78 Å². The van der Waals surface area contributed by atoms with Crippen molar-refractivity contribution in [3.8, 4) is 0 Å². The highest BCUT2D eigenvalue weighted by Crippen LogP contribution is 2.30. The van der Waals surface area contributed by atoms with Crippen LogP contribution in [0.25, 0.3) is 0 Å². The van der Waals surface area contributed by atoms with Gasteiger partial charge in [0, 0.05) is 6.04 Å². The van der Waals surface area contributed by atoms with Gasteiger partial charge in [-0.15, -0.1) is 0 Å². The highest BCUT2D eigenvalue weighted by molar-refractivity contribution is 9.10. The van der Waals surface area contributed by atoms with Crippen molar-refractivity contribution in [2.24, 2.45) is 0 Å². The number of hydrogen-bond acceptors (Lipinski definition) is 1. The van der Waals surface area contributed by atoms with Crippen molar-refractivity contribution in [3.63, 3.8) is 0 Å². The predicted octanol–water partition coefficient (Wildman–Crippen LogP) is 5.35. The van der Waals surface area contributed by atoms with E-state index in [-0.39, 0.29) is 10.5 Å². The van der Waals surface area contributed by atoms with Gasteiger partial charge in [-0.3, -0.25) is 0 Å². The van der Waals surface area contributed by atoms with Crippen LogP contribution in [-0.2, 0) is 0 Å². The van der Waals surface area contributed by atoms with Gasteiger partial charge < -0.3 is 5.32 Å². The lowest BCUT2D eigenvalue weighted by molar-refractivity contribution is 0.478. The topological polar surface area (TPSA) is 12.0 Å². The highest BCUT2D eigenvalue weighted by atomic mass is 79.9. The lowest BCUT2D eigenvalue weighted by Gasteiger charge is -2.18. The molecule has 1 nitrogen and oxygen atoms in total. The molecule has 0 spiro atoms. The molecule has 108 valence electrons. The summed E-state index contributed by atoms with van der Waals surface area (Å²) in [5.41, 5.74) is 0.789. The molecule has 0 fully saturated rings. The molecule has 0 aliphatic heterocycles. The SMILES string of the molecule is CCCCCCCC(NC)c1ccc(F)c(F)c1Br. The Bertz CT molecular complexity index is 396. The maximum absolute atomic E-state index is 13.5. The van der Waals surface area contributed by atoms with E-state index in [0.29, 0.717) is 0 Å². The molecule has 0 heterocycles. The molecule has 0 aliphatic carbocycles. The molecule has 1 rings (SSSR count). The van der Waals surface area contributed by atoms with Gasteiger partial charge in [0.15, 0.2) is 11.6 Å². The fourth-order valence-corrected chi connectivity index (χ4v) is 2.82. The maximum Gasteiger partial charge on any atom is 0.173 e. The Hall–Kier alpha value is -0.480. The Morgan fingerprint density at radius 2 is 1.84 bits per heavy atom. The molecule has 0 amide bonds. The van der Waals surface area contributed by atoms with Crippen LogP contribution >= 0.6 is 15.9 Å². The lowest BCUT2D eigenvalue weighted by atomic mass is 9.99. The van der Waals surface area contributed by atoms with Gasteiger partial charge in [-0.25, -0.2) is 8.78 Å². The second-order valence-electron chi connectivity index (χ2n) is 4.81. The van der Waals surface area contributed by atoms with Crippen molar-refractivity contribution in [1.82, 2.24) is 5.32 Å². The Morgan fingerprint density at radius 1 is 1.16 bits per heavy atom. The molecular formula is C15H22BrF2N. The highest BCUT2D eigenvalue weighted by Gasteiger charge is 2.17. The van der Waals surface area contributed by atoms with E-state index in [4.69, 9.17) is 0 Å². The summed E-state index contributed by atoms with van der Waals surface area (Å²) in [6, 6.07) is 2.90. The molecular weight excluding hydrogens is 312 g/mol. The Balaban J connectivity index is 2.62. The van der Waals surface area contributed by atoms with Crippen molar-refractivity contribution in [2.45, 2.75) is 51.5 Å². The molecule has 0 bridgehead atoms. The molecule has 0 saturated heterocycles. The molecule has 1 aromatic carbocycles. The number of unbranched alkanes of at least 4 members (excludes halogenated alkanes) is 4. The zero-order chi connectivity index (χ0) is 14.3. The molecule has 0 aliphatic rings. The summed E-state index contributed by atoms with van der Waals surface area (Å²) in [5.74, 6) is -1.61. The summed E-state index contributed by atoms with van der Waals surface area (Å²) < 4.78 is 26.9. The summed E-state index contributed by atoms with van der Waals surface area (Å²) in [6.45, 7) is 2.19. The fourth-order valence-electron chi connectivity index (χ4n) is 2.22. The summed E-state index contributed by atoms with van der Waals surface area (Å²) in [6.07, 6.45) is 6.95. The van der Waals surface area contributed by atoms with Gasteiger partial charge in [-0.2, -0.15) is 0 Å². The Labute approximate surface area is 122 Å². The van der Waals surface area contributed by atoms with Crippen molar-refractivity contribution in [1.29, 1.82) is 0 Å². The third-order valence-electron chi connectivity index (χ3n) is 3.39. The number of rotatable bonds is 8. The molecule has 1 unspecified atom stereocenters.